The summed E-state index contributed by atoms with van der Waals surface area (Å²) in [6.07, 6.45) is 0. The van der Waals surface area contributed by atoms with Gasteiger partial charge in [0.15, 0.2) is 5.69 Å². The number of nitro groups is 1. The van der Waals surface area contributed by atoms with E-state index in [2.05, 4.69) is 10.3 Å². The van der Waals surface area contributed by atoms with Crippen LogP contribution in [0.2, 0.25) is 0 Å². The van der Waals surface area contributed by atoms with Crippen molar-refractivity contribution < 1.29 is 10.0 Å². The zero-order valence-corrected chi connectivity index (χ0v) is 10.5. The molecule has 17 heavy (non-hydrogen) atoms. The minimum atomic E-state index is -0.545. The summed E-state index contributed by atoms with van der Waals surface area (Å²) in [5, 5.41) is 23.0. The SMILES string of the molecule is Cc1nc([N+](=O)[O-])n(CCO)c1NC(C)(C)C. The van der Waals surface area contributed by atoms with E-state index in [1.807, 2.05) is 20.8 Å². The van der Waals surface area contributed by atoms with Gasteiger partial charge in [-0.25, -0.2) is 4.57 Å². The largest absolute Gasteiger partial charge is 0.436 e. The maximum absolute atomic E-state index is 10.8. The molecule has 0 radical (unpaired) electrons. The Labute approximate surface area is 99.6 Å². The standard InChI is InChI=1S/C10H18N4O3/c1-7-8(12-10(2,3)4)13(5-6-15)9(11-7)14(16)17/h12,15H,5-6H2,1-4H3. The van der Waals surface area contributed by atoms with E-state index < -0.39 is 4.92 Å². The van der Waals surface area contributed by atoms with Gasteiger partial charge < -0.3 is 20.5 Å². The molecule has 0 saturated carbocycles. The van der Waals surface area contributed by atoms with Crippen LogP contribution in [-0.2, 0) is 6.54 Å². The molecule has 0 unspecified atom stereocenters. The van der Waals surface area contributed by atoms with Crippen molar-refractivity contribution in [3.8, 4) is 0 Å². The molecule has 1 aromatic rings. The Morgan fingerprint density at radius 1 is 1.53 bits per heavy atom. The highest BCUT2D eigenvalue weighted by molar-refractivity contribution is 5.47. The lowest BCUT2D eigenvalue weighted by Crippen LogP contribution is -2.28. The third-order valence-corrected chi connectivity index (χ3v) is 2.10. The average molecular weight is 242 g/mol. The second kappa shape index (κ2) is 4.70. The van der Waals surface area contributed by atoms with Gasteiger partial charge in [0.2, 0.25) is 5.82 Å². The summed E-state index contributed by atoms with van der Waals surface area (Å²) in [6, 6.07) is 0. The van der Waals surface area contributed by atoms with Crippen LogP contribution in [0.1, 0.15) is 26.5 Å². The fourth-order valence-corrected chi connectivity index (χ4v) is 1.52. The first-order chi connectivity index (χ1) is 7.76. The first kappa shape index (κ1) is 13.4. The molecule has 1 rings (SSSR count). The van der Waals surface area contributed by atoms with Crippen LogP contribution in [-0.4, -0.2) is 31.7 Å². The van der Waals surface area contributed by atoms with Crippen LogP contribution in [0.15, 0.2) is 0 Å². The number of nitrogens with one attached hydrogen (secondary N) is 1. The molecule has 0 aliphatic heterocycles. The molecule has 0 atom stereocenters. The van der Waals surface area contributed by atoms with E-state index in [9.17, 15) is 10.1 Å². The predicted molar refractivity (Wildman–Crippen MR) is 64.1 cm³/mol. The van der Waals surface area contributed by atoms with E-state index in [0.717, 1.165) is 0 Å². The van der Waals surface area contributed by atoms with Gasteiger partial charge in [0.1, 0.15) is 0 Å². The molecule has 0 bridgehead atoms. The second-order valence-electron chi connectivity index (χ2n) is 4.85. The van der Waals surface area contributed by atoms with Gasteiger partial charge in [0.25, 0.3) is 0 Å². The third-order valence-electron chi connectivity index (χ3n) is 2.10. The highest BCUT2D eigenvalue weighted by Gasteiger charge is 2.27. The van der Waals surface area contributed by atoms with Crippen LogP contribution in [0.3, 0.4) is 0 Å². The van der Waals surface area contributed by atoms with Crippen LogP contribution in [0.25, 0.3) is 0 Å². The molecule has 96 valence electrons. The van der Waals surface area contributed by atoms with Crippen LogP contribution in [0, 0.1) is 17.0 Å². The molecule has 2 N–H and O–H groups in total. The van der Waals surface area contributed by atoms with Crippen molar-refractivity contribution >= 4 is 11.8 Å². The summed E-state index contributed by atoms with van der Waals surface area (Å²) in [5.41, 5.74) is 0.325. The first-order valence-corrected chi connectivity index (χ1v) is 5.37. The Bertz CT molecular complexity index is 420. The fourth-order valence-electron chi connectivity index (χ4n) is 1.52. The average Bonchev–Trinajstić information content (AvgIpc) is 2.44. The Morgan fingerprint density at radius 3 is 2.53 bits per heavy atom. The number of aryl methyl sites for hydroxylation is 1. The van der Waals surface area contributed by atoms with Gasteiger partial charge in [0, 0.05) is 5.54 Å². The minimum absolute atomic E-state index is 0.148. The number of imidazole rings is 1. The molecule has 0 fully saturated rings. The third kappa shape index (κ3) is 3.16. The molecule has 7 heteroatoms. The number of anilines is 1. The number of rotatable bonds is 4. The van der Waals surface area contributed by atoms with Crippen LogP contribution in [0.4, 0.5) is 11.8 Å². The van der Waals surface area contributed by atoms with Gasteiger partial charge in [-0.1, -0.05) is 4.98 Å². The lowest BCUT2D eigenvalue weighted by atomic mass is 10.1. The topological polar surface area (TPSA) is 93.2 Å². The highest BCUT2D eigenvalue weighted by Crippen LogP contribution is 2.25. The van der Waals surface area contributed by atoms with Gasteiger partial charge in [-0.3, -0.25) is 0 Å². The Balaban J connectivity index is 3.22. The van der Waals surface area contributed by atoms with E-state index in [-0.39, 0.29) is 24.6 Å². The number of aliphatic hydroxyl groups excluding tert-OH is 1. The Kier molecular flexibility index (Phi) is 3.72. The van der Waals surface area contributed by atoms with Crippen molar-refractivity contribution in [1.29, 1.82) is 0 Å². The van der Waals surface area contributed by atoms with Crippen LogP contribution >= 0.6 is 0 Å². The number of hydrogen-bond acceptors (Lipinski definition) is 5. The molecule has 0 aromatic carbocycles. The Hall–Kier alpha value is -1.63. The minimum Gasteiger partial charge on any atom is -0.393 e. The quantitative estimate of drug-likeness (QED) is 0.613. The number of hydrogen-bond donors (Lipinski definition) is 2. The molecule has 7 nitrogen and oxygen atoms in total. The van der Waals surface area contributed by atoms with Crippen molar-refractivity contribution in [1.82, 2.24) is 9.55 Å². The summed E-state index contributed by atoms with van der Waals surface area (Å²) in [4.78, 5) is 14.2. The number of nitrogens with zero attached hydrogens (tertiary/aromatic N) is 3. The maximum atomic E-state index is 10.8. The van der Waals surface area contributed by atoms with Crippen molar-refractivity contribution in [3.05, 3.63) is 15.8 Å². The monoisotopic (exact) mass is 242 g/mol. The van der Waals surface area contributed by atoms with Gasteiger partial charge in [-0.15, -0.1) is 0 Å². The van der Waals surface area contributed by atoms with E-state index in [0.29, 0.717) is 11.5 Å². The Morgan fingerprint density at radius 2 is 2.12 bits per heavy atom. The molecule has 0 spiro atoms. The molecular weight excluding hydrogens is 224 g/mol. The second-order valence-corrected chi connectivity index (χ2v) is 4.85. The normalized spacial score (nSPS) is 11.6. The van der Waals surface area contributed by atoms with Crippen molar-refractivity contribution in [2.24, 2.45) is 0 Å². The summed E-state index contributed by atoms with van der Waals surface area (Å²) >= 11 is 0. The van der Waals surface area contributed by atoms with Gasteiger partial charge in [-0.2, -0.15) is 0 Å². The molecule has 0 aliphatic rings. The van der Waals surface area contributed by atoms with Crippen molar-refractivity contribution in [2.45, 2.75) is 39.8 Å². The predicted octanol–water partition coefficient (Wildman–Crippen LogP) is 1.30. The van der Waals surface area contributed by atoms with E-state index in [4.69, 9.17) is 5.11 Å². The maximum Gasteiger partial charge on any atom is 0.436 e. The van der Waals surface area contributed by atoms with E-state index in [1.54, 1.807) is 6.92 Å². The zero-order valence-electron chi connectivity index (χ0n) is 10.5. The molecule has 0 amide bonds. The smallest absolute Gasteiger partial charge is 0.393 e. The van der Waals surface area contributed by atoms with Crippen molar-refractivity contribution in [3.63, 3.8) is 0 Å². The number of aromatic nitrogens is 2. The molecule has 1 aromatic heterocycles. The molecule has 1 heterocycles. The van der Waals surface area contributed by atoms with Gasteiger partial charge in [0.05, 0.1) is 13.2 Å². The van der Waals surface area contributed by atoms with Gasteiger partial charge in [-0.05, 0) is 32.6 Å². The molecule has 0 saturated heterocycles. The summed E-state index contributed by atoms with van der Waals surface area (Å²) < 4.78 is 1.39. The summed E-state index contributed by atoms with van der Waals surface area (Å²) in [7, 11) is 0. The van der Waals surface area contributed by atoms with Crippen LogP contribution < -0.4 is 5.32 Å². The first-order valence-electron chi connectivity index (χ1n) is 5.37. The van der Waals surface area contributed by atoms with E-state index >= 15 is 0 Å². The van der Waals surface area contributed by atoms with E-state index in [1.165, 1.54) is 4.57 Å². The highest BCUT2D eigenvalue weighted by atomic mass is 16.6. The summed E-state index contributed by atoms with van der Waals surface area (Å²) in [6.45, 7) is 7.54. The lowest BCUT2D eigenvalue weighted by Gasteiger charge is -2.21. The number of aliphatic hydroxyl groups is 1. The molecular formula is C10H18N4O3. The zero-order chi connectivity index (χ0) is 13.2. The van der Waals surface area contributed by atoms with Gasteiger partial charge >= 0.3 is 5.95 Å². The van der Waals surface area contributed by atoms with Crippen molar-refractivity contribution in [2.75, 3.05) is 11.9 Å². The lowest BCUT2D eigenvalue weighted by molar-refractivity contribution is -0.396. The molecule has 0 aliphatic carbocycles. The fraction of sp³-hybridized carbons (Fsp3) is 0.700. The summed E-state index contributed by atoms with van der Waals surface area (Å²) in [5.74, 6) is 0.335. The van der Waals surface area contributed by atoms with Crippen LogP contribution in [0.5, 0.6) is 0 Å².